The Kier molecular flexibility index (Phi) is 4.09. The van der Waals surface area contributed by atoms with E-state index in [0.29, 0.717) is 11.3 Å². The first kappa shape index (κ1) is 15.6. The Morgan fingerprint density at radius 1 is 1.04 bits per heavy atom. The highest BCUT2D eigenvalue weighted by atomic mass is 32.2. The first-order valence-corrected chi connectivity index (χ1v) is 8.81. The lowest BCUT2D eigenvalue weighted by Gasteiger charge is -2.10. The SMILES string of the molecule is COC(=O)c1ccc(S(=O)(=O)Nc2ccc3c(c2)CCC3)cc1. The van der Waals surface area contributed by atoms with Crippen LogP contribution in [0.2, 0.25) is 0 Å². The average Bonchev–Trinajstić information content (AvgIpc) is 3.01. The third kappa shape index (κ3) is 3.22. The van der Waals surface area contributed by atoms with Crippen molar-refractivity contribution in [3.63, 3.8) is 0 Å². The molecule has 0 unspecified atom stereocenters. The lowest BCUT2D eigenvalue weighted by Crippen LogP contribution is -2.13. The van der Waals surface area contributed by atoms with Gasteiger partial charge < -0.3 is 4.74 Å². The van der Waals surface area contributed by atoms with E-state index in [2.05, 4.69) is 9.46 Å². The number of carbonyl (C=O) groups is 1. The molecule has 0 radical (unpaired) electrons. The van der Waals surface area contributed by atoms with Crippen LogP contribution in [0, 0.1) is 0 Å². The quantitative estimate of drug-likeness (QED) is 0.875. The van der Waals surface area contributed by atoms with Gasteiger partial charge in [0.25, 0.3) is 10.0 Å². The number of ether oxygens (including phenoxy) is 1. The van der Waals surface area contributed by atoms with Crippen molar-refractivity contribution in [2.45, 2.75) is 24.2 Å². The van der Waals surface area contributed by atoms with Crippen LogP contribution in [-0.4, -0.2) is 21.5 Å². The van der Waals surface area contributed by atoms with Gasteiger partial charge in [-0.1, -0.05) is 6.07 Å². The Morgan fingerprint density at radius 3 is 2.43 bits per heavy atom. The summed E-state index contributed by atoms with van der Waals surface area (Å²) in [5, 5.41) is 0. The number of methoxy groups -OCH3 is 1. The fourth-order valence-corrected chi connectivity index (χ4v) is 3.79. The first-order chi connectivity index (χ1) is 11.0. The summed E-state index contributed by atoms with van der Waals surface area (Å²) in [4.78, 5) is 11.5. The normalized spacial score (nSPS) is 13.4. The van der Waals surface area contributed by atoms with E-state index in [1.54, 1.807) is 6.07 Å². The standard InChI is InChI=1S/C17H17NO4S/c1-22-17(19)13-6-9-16(10-7-13)23(20,21)18-15-8-5-12-3-2-4-14(12)11-15/h5-11,18H,2-4H2,1H3. The Balaban J connectivity index is 1.82. The highest BCUT2D eigenvalue weighted by Crippen LogP contribution is 2.26. The molecule has 5 nitrogen and oxygen atoms in total. The molecule has 0 heterocycles. The monoisotopic (exact) mass is 331 g/mol. The van der Waals surface area contributed by atoms with Gasteiger partial charge in [0.05, 0.1) is 17.6 Å². The van der Waals surface area contributed by atoms with Gasteiger partial charge in [-0.3, -0.25) is 4.72 Å². The molecule has 0 fully saturated rings. The van der Waals surface area contributed by atoms with Gasteiger partial charge in [0.1, 0.15) is 0 Å². The molecule has 1 aliphatic rings. The first-order valence-electron chi connectivity index (χ1n) is 7.32. The van der Waals surface area contributed by atoms with Gasteiger partial charge in [0, 0.05) is 5.69 Å². The summed E-state index contributed by atoms with van der Waals surface area (Å²) in [5.41, 5.74) is 3.35. The van der Waals surface area contributed by atoms with Gasteiger partial charge in [0.15, 0.2) is 0 Å². The molecule has 0 aliphatic heterocycles. The molecular formula is C17H17NO4S. The lowest BCUT2D eigenvalue weighted by molar-refractivity contribution is 0.0600. The van der Waals surface area contributed by atoms with Gasteiger partial charge in [-0.05, 0) is 66.8 Å². The van der Waals surface area contributed by atoms with Crippen molar-refractivity contribution >= 4 is 21.7 Å². The zero-order valence-electron chi connectivity index (χ0n) is 12.7. The van der Waals surface area contributed by atoms with E-state index < -0.39 is 16.0 Å². The van der Waals surface area contributed by atoms with Crippen LogP contribution in [0.4, 0.5) is 5.69 Å². The maximum absolute atomic E-state index is 12.4. The maximum atomic E-state index is 12.4. The van der Waals surface area contributed by atoms with Crippen LogP contribution in [-0.2, 0) is 27.6 Å². The number of sulfonamides is 1. The van der Waals surface area contributed by atoms with E-state index in [0.717, 1.165) is 19.3 Å². The smallest absolute Gasteiger partial charge is 0.337 e. The summed E-state index contributed by atoms with van der Waals surface area (Å²) in [6, 6.07) is 11.3. The molecule has 3 rings (SSSR count). The van der Waals surface area contributed by atoms with E-state index in [1.807, 2.05) is 12.1 Å². The molecule has 2 aromatic rings. The molecule has 0 spiro atoms. The number of hydrogen-bond acceptors (Lipinski definition) is 4. The minimum atomic E-state index is -3.68. The number of rotatable bonds is 4. The van der Waals surface area contributed by atoms with E-state index in [-0.39, 0.29) is 4.90 Å². The number of aryl methyl sites for hydroxylation is 2. The van der Waals surface area contributed by atoms with Crippen LogP contribution in [0.15, 0.2) is 47.4 Å². The van der Waals surface area contributed by atoms with Crippen LogP contribution in [0.5, 0.6) is 0 Å². The minimum Gasteiger partial charge on any atom is -0.465 e. The van der Waals surface area contributed by atoms with Gasteiger partial charge in [-0.2, -0.15) is 0 Å². The molecule has 0 aromatic heterocycles. The van der Waals surface area contributed by atoms with Crippen molar-refractivity contribution < 1.29 is 17.9 Å². The third-order valence-corrected chi connectivity index (χ3v) is 5.33. The molecule has 2 aromatic carbocycles. The van der Waals surface area contributed by atoms with Gasteiger partial charge >= 0.3 is 5.97 Å². The van der Waals surface area contributed by atoms with Crippen LogP contribution < -0.4 is 4.72 Å². The fraction of sp³-hybridized carbons (Fsp3) is 0.235. The summed E-state index contributed by atoms with van der Waals surface area (Å²) in [7, 11) is -2.40. The number of carbonyl (C=O) groups excluding carboxylic acids is 1. The summed E-state index contributed by atoms with van der Waals surface area (Å²) in [6.45, 7) is 0. The van der Waals surface area contributed by atoms with Crippen LogP contribution in [0.1, 0.15) is 27.9 Å². The van der Waals surface area contributed by atoms with Gasteiger partial charge in [-0.15, -0.1) is 0 Å². The highest BCUT2D eigenvalue weighted by Gasteiger charge is 2.17. The van der Waals surface area contributed by atoms with E-state index in [9.17, 15) is 13.2 Å². The summed E-state index contributed by atoms with van der Waals surface area (Å²) in [5.74, 6) is -0.500. The van der Waals surface area contributed by atoms with Gasteiger partial charge in [0.2, 0.25) is 0 Å². The summed E-state index contributed by atoms with van der Waals surface area (Å²) >= 11 is 0. The number of anilines is 1. The number of fused-ring (bicyclic) bond motifs is 1. The third-order valence-electron chi connectivity index (χ3n) is 3.94. The zero-order chi connectivity index (χ0) is 16.4. The van der Waals surface area contributed by atoms with Crippen molar-refractivity contribution in [3.8, 4) is 0 Å². The van der Waals surface area contributed by atoms with E-state index in [1.165, 1.54) is 42.5 Å². The zero-order valence-corrected chi connectivity index (χ0v) is 13.5. The highest BCUT2D eigenvalue weighted by molar-refractivity contribution is 7.92. The fourth-order valence-electron chi connectivity index (χ4n) is 2.74. The molecule has 1 aliphatic carbocycles. The largest absolute Gasteiger partial charge is 0.465 e. The predicted molar refractivity (Wildman–Crippen MR) is 87.1 cm³/mol. The van der Waals surface area contributed by atoms with E-state index >= 15 is 0 Å². The molecular weight excluding hydrogens is 314 g/mol. The molecule has 1 N–H and O–H groups in total. The van der Waals surface area contributed by atoms with Crippen molar-refractivity contribution in [2.75, 3.05) is 11.8 Å². The topological polar surface area (TPSA) is 72.5 Å². The van der Waals surface area contributed by atoms with Crippen molar-refractivity contribution in [1.82, 2.24) is 0 Å². The number of nitrogens with one attached hydrogen (secondary N) is 1. The molecule has 0 saturated carbocycles. The summed E-state index contributed by atoms with van der Waals surface area (Å²) in [6.07, 6.45) is 3.15. The molecule has 120 valence electrons. The minimum absolute atomic E-state index is 0.102. The van der Waals surface area contributed by atoms with Crippen molar-refractivity contribution in [1.29, 1.82) is 0 Å². The maximum Gasteiger partial charge on any atom is 0.337 e. The second kappa shape index (κ2) is 6.04. The van der Waals surface area contributed by atoms with Crippen molar-refractivity contribution in [3.05, 3.63) is 59.2 Å². The number of benzene rings is 2. The average molecular weight is 331 g/mol. The Labute approximate surface area is 135 Å². The number of hydrogen-bond donors (Lipinski definition) is 1. The van der Waals surface area contributed by atoms with Crippen molar-refractivity contribution in [2.24, 2.45) is 0 Å². The van der Waals surface area contributed by atoms with Crippen LogP contribution >= 0.6 is 0 Å². The molecule has 0 atom stereocenters. The molecule has 23 heavy (non-hydrogen) atoms. The predicted octanol–water partition coefficient (Wildman–Crippen LogP) is 2.76. The second-order valence-corrected chi connectivity index (χ2v) is 7.14. The van der Waals surface area contributed by atoms with E-state index in [4.69, 9.17) is 0 Å². The van der Waals surface area contributed by atoms with Crippen LogP contribution in [0.3, 0.4) is 0 Å². The Bertz CT molecular complexity index is 841. The molecule has 0 amide bonds. The molecule has 0 saturated heterocycles. The molecule has 0 bridgehead atoms. The Hall–Kier alpha value is -2.34. The van der Waals surface area contributed by atoms with Crippen LogP contribution in [0.25, 0.3) is 0 Å². The van der Waals surface area contributed by atoms with Gasteiger partial charge in [-0.25, -0.2) is 13.2 Å². The second-order valence-electron chi connectivity index (χ2n) is 5.46. The Morgan fingerprint density at radius 2 is 1.74 bits per heavy atom. The lowest BCUT2D eigenvalue weighted by atomic mass is 10.1. The summed E-state index contributed by atoms with van der Waals surface area (Å²) < 4.78 is 32.0. The number of esters is 1. The molecule has 6 heteroatoms.